The van der Waals surface area contributed by atoms with Gasteiger partial charge in [-0.3, -0.25) is 9.59 Å². The van der Waals surface area contributed by atoms with E-state index in [0.717, 1.165) is 19.8 Å². The number of ether oxygens (including phenoxy) is 2. The molecule has 2 fully saturated rings. The lowest BCUT2D eigenvalue weighted by Crippen LogP contribution is -2.45. The number of aromatic nitrogens is 2. The highest BCUT2D eigenvalue weighted by atomic mass is 19.4. The largest absolute Gasteiger partial charge is 0.471 e. The van der Waals surface area contributed by atoms with E-state index >= 15 is 0 Å². The van der Waals surface area contributed by atoms with Gasteiger partial charge in [-0.1, -0.05) is 6.07 Å². The van der Waals surface area contributed by atoms with Gasteiger partial charge in [-0.15, -0.1) is 0 Å². The van der Waals surface area contributed by atoms with E-state index in [9.17, 15) is 44.7 Å². The van der Waals surface area contributed by atoms with E-state index in [1.165, 1.54) is 12.1 Å². The first-order valence-electron chi connectivity index (χ1n) is 13.3. The summed E-state index contributed by atoms with van der Waals surface area (Å²) in [6.45, 7) is 1.81. The number of imidazole rings is 1. The number of hydrogen-bond donors (Lipinski definition) is 3. The second kappa shape index (κ2) is 11.9. The predicted molar refractivity (Wildman–Crippen MR) is 131 cm³/mol. The molecular formula is C26H30F8N4O4. The zero-order valence-corrected chi connectivity index (χ0v) is 22.5. The number of halogens is 8. The van der Waals surface area contributed by atoms with Crippen molar-refractivity contribution in [3.05, 3.63) is 29.6 Å². The maximum Gasteiger partial charge on any atom is 0.471 e. The highest BCUT2D eigenvalue weighted by Crippen LogP contribution is 2.44. The summed E-state index contributed by atoms with van der Waals surface area (Å²) >= 11 is 0. The van der Waals surface area contributed by atoms with Crippen molar-refractivity contribution in [3.63, 3.8) is 0 Å². The third-order valence-electron chi connectivity index (χ3n) is 7.12. The van der Waals surface area contributed by atoms with Crippen molar-refractivity contribution in [2.24, 2.45) is 5.92 Å². The Morgan fingerprint density at radius 2 is 1.76 bits per heavy atom. The van der Waals surface area contributed by atoms with Gasteiger partial charge in [-0.05, 0) is 50.3 Å². The zero-order chi connectivity index (χ0) is 31.0. The quantitative estimate of drug-likeness (QED) is 0.278. The van der Waals surface area contributed by atoms with Crippen molar-refractivity contribution in [3.8, 4) is 0 Å². The number of H-pyrrole nitrogens is 1. The third-order valence-corrected chi connectivity index (χ3v) is 7.12. The van der Waals surface area contributed by atoms with E-state index in [2.05, 4.69) is 15.3 Å². The molecule has 1 heterocycles. The van der Waals surface area contributed by atoms with Gasteiger partial charge in [0.05, 0.1) is 35.9 Å². The van der Waals surface area contributed by atoms with Gasteiger partial charge in [-0.25, -0.2) is 13.8 Å². The van der Waals surface area contributed by atoms with Gasteiger partial charge in [0, 0.05) is 19.3 Å². The van der Waals surface area contributed by atoms with Gasteiger partial charge in [0.25, 0.3) is 0 Å². The van der Waals surface area contributed by atoms with Gasteiger partial charge >= 0.3 is 18.3 Å². The molecule has 1 aromatic carbocycles. The number of alkyl halides is 8. The van der Waals surface area contributed by atoms with Crippen molar-refractivity contribution in [1.82, 2.24) is 20.6 Å². The highest BCUT2D eigenvalue weighted by molar-refractivity contribution is 5.82. The molecule has 4 rings (SSSR count). The lowest BCUT2D eigenvalue weighted by molar-refractivity contribution is -0.228. The maximum absolute atomic E-state index is 13.2. The van der Waals surface area contributed by atoms with Gasteiger partial charge in [0.1, 0.15) is 11.9 Å². The molecule has 2 aliphatic rings. The van der Waals surface area contributed by atoms with Crippen LogP contribution in [0.25, 0.3) is 11.0 Å². The number of rotatable bonds is 12. The number of aromatic amines is 1. The summed E-state index contributed by atoms with van der Waals surface area (Å²) in [5, 5.41) is 4.43. The lowest BCUT2D eigenvalue weighted by Gasteiger charge is -2.34. The fourth-order valence-corrected chi connectivity index (χ4v) is 4.65. The van der Waals surface area contributed by atoms with Gasteiger partial charge in [0.2, 0.25) is 11.8 Å². The number of benzene rings is 1. The number of carbonyl (C=O) groups is 2. The average Bonchev–Trinajstić information content (AvgIpc) is 3.58. The summed E-state index contributed by atoms with van der Waals surface area (Å²) in [5.74, 6) is -6.36. The summed E-state index contributed by atoms with van der Waals surface area (Å²) in [6.07, 6.45) is -13.2. The Morgan fingerprint density at radius 1 is 1.10 bits per heavy atom. The Balaban J connectivity index is 1.56. The molecule has 0 unspecified atom stereocenters. The molecule has 0 bridgehead atoms. The van der Waals surface area contributed by atoms with E-state index < -0.39 is 60.3 Å². The highest BCUT2D eigenvalue weighted by Gasteiger charge is 2.46. The Morgan fingerprint density at radius 3 is 2.33 bits per heavy atom. The van der Waals surface area contributed by atoms with Crippen LogP contribution in [0.15, 0.2) is 18.2 Å². The molecule has 1 aromatic heterocycles. The molecular weight excluding hydrogens is 584 g/mol. The van der Waals surface area contributed by atoms with Crippen LogP contribution in [-0.2, 0) is 19.1 Å². The first kappa shape index (κ1) is 31.9. The number of hydrogen-bond acceptors (Lipinski definition) is 5. The minimum absolute atomic E-state index is 0.0239. The first-order valence-corrected chi connectivity index (χ1v) is 13.3. The molecule has 16 heteroatoms. The molecule has 0 spiro atoms. The number of nitrogens with one attached hydrogen (secondary N) is 3. The Labute approximate surface area is 234 Å². The van der Waals surface area contributed by atoms with E-state index in [1.807, 2.05) is 0 Å². The average molecular weight is 615 g/mol. The van der Waals surface area contributed by atoms with Crippen LogP contribution in [0.4, 0.5) is 35.1 Å². The summed E-state index contributed by atoms with van der Waals surface area (Å²) in [6, 6.07) is 2.12. The SMILES string of the molecule is C[C@@H](O[C@H](C)C(F)(F)F)[C@H](NC(=O)C(F)(F)F)c1nc2ccc([C@@H](COC3CC3)NC(=O)CC3CC(F)(F)C3)cc2[nH]1. The molecule has 0 radical (unpaired) electrons. The molecule has 3 N–H and O–H groups in total. The van der Waals surface area contributed by atoms with Crippen molar-refractivity contribution in [1.29, 1.82) is 0 Å². The van der Waals surface area contributed by atoms with Gasteiger partial charge in [-0.2, -0.15) is 26.3 Å². The summed E-state index contributed by atoms with van der Waals surface area (Å²) in [4.78, 5) is 31.2. The van der Waals surface area contributed by atoms with E-state index in [1.54, 1.807) is 11.4 Å². The minimum Gasteiger partial charge on any atom is -0.376 e. The minimum atomic E-state index is -5.32. The van der Waals surface area contributed by atoms with Gasteiger partial charge < -0.3 is 25.1 Å². The summed E-state index contributed by atoms with van der Waals surface area (Å²) < 4.78 is 115. The first-order chi connectivity index (χ1) is 19.4. The number of fused-ring (bicyclic) bond motifs is 1. The Hall–Kier alpha value is -3.01. The fraction of sp³-hybridized carbons (Fsp3) is 0.654. The molecule has 42 heavy (non-hydrogen) atoms. The predicted octanol–water partition coefficient (Wildman–Crippen LogP) is 5.41. The normalized spacial score (nSPS) is 20.4. The molecule has 0 aliphatic heterocycles. The smallest absolute Gasteiger partial charge is 0.376 e. The molecule has 2 aliphatic carbocycles. The number of amides is 2. The molecule has 0 saturated heterocycles. The standard InChI is InChI=1S/C26H30F8N4O4/c1-12(42-13(2)25(29,30)31)21(38-23(40)26(32,33)34)22-36-17-6-3-15(8-18(17)37-22)19(11-41-16-4-5-16)35-20(39)7-14-9-24(27,28)10-14/h3,6,8,12-14,16,19,21H,4-5,7,9-11H2,1-2H3,(H,35,39)(H,36,37)(H,38,40)/t12-,13-,19-,21+/m1/s1. The zero-order valence-electron chi connectivity index (χ0n) is 22.5. The fourth-order valence-electron chi connectivity index (χ4n) is 4.65. The summed E-state index contributed by atoms with van der Waals surface area (Å²) in [7, 11) is 0. The maximum atomic E-state index is 13.2. The second-order valence-electron chi connectivity index (χ2n) is 10.9. The van der Waals surface area contributed by atoms with Crippen LogP contribution in [-0.4, -0.2) is 65.0 Å². The van der Waals surface area contributed by atoms with E-state index in [0.29, 0.717) is 12.5 Å². The van der Waals surface area contributed by atoms with Crippen LogP contribution in [0.1, 0.15) is 69.4 Å². The molecule has 2 saturated carbocycles. The van der Waals surface area contributed by atoms with Crippen molar-refractivity contribution in [2.45, 2.75) is 94.6 Å². The van der Waals surface area contributed by atoms with Crippen LogP contribution >= 0.6 is 0 Å². The van der Waals surface area contributed by atoms with Crippen LogP contribution in [0.3, 0.4) is 0 Å². The topological polar surface area (TPSA) is 105 Å². The van der Waals surface area contributed by atoms with Crippen LogP contribution in [0, 0.1) is 5.92 Å². The monoisotopic (exact) mass is 614 g/mol. The third kappa shape index (κ3) is 8.30. The molecule has 4 atom stereocenters. The molecule has 234 valence electrons. The van der Waals surface area contributed by atoms with Gasteiger partial charge in [0.15, 0.2) is 6.10 Å². The Kier molecular flexibility index (Phi) is 9.07. The molecule has 8 nitrogen and oxygen atoms in total. The Bertz CT molecular complexity index is 1270. The van der Waals surface area contributed by atoms with Crippen molar-refractivity contribution < 1.29 is 54.2 Å². The van der Waals surface area contributed by atoms with Crippen LogP contribution in [0.5, 0.6) is 0 Å². The molecule has 2 amide bonds. The van der Waals surface area contributed by atoms with Crippen molar-refractivity contribution >= 4 is 22.8 Å². The lowest BCUT2D eigenvalue weighted by atomic mass is 9.79. The molecule has 2 aromatic rings. The van der Waals surface area contributed by atoms with E-state index in [-0.39, 0.29) is 48.8 Å². The van der Waals surface area contributed by atoms with Crippen molar-refractivity contribution in [2.75, 3.05) is 6.61 Å². The van der Waals surface area contributed by atoms with Crippen LogP contribution < -0.4 is 10.6 Å². The van der Waals surface area contributed by atoms with E-state index in [4.69, 9.17) is 9.47 Å². The number of carbonyl (C=O) groups excluding carboxylic acids is 2. The second-order valence-corrected chi connectivity index (χ2v) is 10.9. The van der Waals surface area contributed by atoms with Crippen LogP contribution in [0.2, 0.25) is 0 Å². The summed E-state index contributed by atoms with van der Waals surface area (Å²) in [5.41, 5.74) is 0.951. The number of nitrogens with zero attached hydrogens (tertiary/aromatic N) is 1.